The molecule has 0 aliphatic heterocycles. The highest BCUT2D eigenvalue weighted by Crippen LogP contribution is 2.25. The second-order valence-electron chi connectivity index (χ2n) is 3.95. The van der Waals surface area contributed by atoms with E-state index >= 15 is 0 Å². The Morgan fingerprint density at radius 2 is 1.78 bits per heavy atom. The van der Waals surface area contributed by atoms with E-state index in [-0.39, 0.29) is 5.56 Å². The summed E-state index contributed by atoms with van der Waals surface area (Å²) in [6.07, 6.45) is 1.68. The maximum Gasteiger partial charge on any atom is 0.248 e. The Hall–Kier alpha value is -2.13. The van der Waals surface area contributed by atoms with Crippen LogP contribution in [0.4, 0.5) is 0 Å². The molecule has 2 aromatic heterocycles. The van der Waals surface area contributed by atoms with E-state index < -0.39 is 0 Å². The molecular weight excluding hydrogens is 248 g/mol. The molecular formula is C14H9ClN2O. The van der Waals surface area contributed by atoms with Crippen LogP contribution in [0, 0.1) is 0 Å². The van der Waals surface area contributed by atoms with Crippen LogP contribution in [0.5, 0.6) is 0 Å². The van der Waals surface area contributed by atoms with Gasteiger partial charge in [0.2, 0.25) is 5.56 Å². The third-order valence-electron chi connectivity index (χ3n) is 2.77. The van der Waals surface area contributed by atoms with Gasteiger partial charge in [-0.1, -0.05) is 23.7 Å². The second kappa shape index (κ2) is 4.27. The van der Waals surface area contributed by atoms with Crippen molar-refractivity contribution in [2.45, 2.75) is 0 Å². The SMILES string of the molecule is O=c1ccc2c(-c3ccc(Cl)cc3)nccc2[nH]1. The summed E-state index contributed by atoms with van der Waals surface area (Å²) in [5.74, 6) is 0. The maximum absolute atomic E-state index is 11.3. The van der Waals surface area contributed by atoms with E-state index in [0.29, 0.717) is 5.02 Å². The van der Waals surface area contributed by atoms with Crippen LogP contribution in [-0.2, 0) is 0 Å². The summed E-state index contributed by atoms with van der Waals surface area (Å²) in [6, 6.07) is 12.5. The lowest BCUT2D eigenvalue weighted by molar-refractivity contribution is 1.28. The number of nitrogens with one attached hydrogen (secondary N) is 1. The molecule has 2 heterocycles. The first kappa shape index (κ1) is 11.0. The molecule has 0 fully saturated rings. The van der Waals surface area contributed by atoms with Crippen LogP contribution in [-0.4, -0.2) is 9.97 Å². The number of pyridine rings is 2. The van der Waals surface area contributed by atoms with Crippen molar-refractivity contribution in [2.24, 2.45) is 0 Å². The van der Waals surface area contributed by atoms with Crippen molar-refractivity contribution in [1.82, 2.24) is 9.97 Å². The second-order valence-corrected chi connectivity index (χ2v) is 4.39. The van der Waals surface area contributed by atoms with Gasteiger partial charge in [-0.3, -0.25) is 9.78 Å². The Morgan fingerprint density at radius 3 is 2.56 bits per heavy atom. The fourth-order valence-electron chi connectivity index (χ4n) is 1.92. The normalized spacial score (nSPS) is 10.7. The van der Waals surface area contributed by atoms with E-state index in [4.69, 9.17) is 11.6 Å². The lowest BCUT2D eigenvalue weighted by Crippen LogP contribution is -2.03. The zero-order valence-electron chi connectivity index (χ0n) is 9.35. The van der Waals surface area contributed by atoms with Crippen LogP contribution in [0.1, 0.15) is 0 Å². The molecule has 0 saturated carbocycles. The summed E-state index contributed by atoms with van der Waals surface area (Å²) in [7, 11) is 0. The molecule has 1 aromatic carbocycles. The summed E-state index contributed by atoms with van der Waals surface area (Å²) in [5, 5.41) is 1.60. The van der Waals surface area contributed by atoms with Crippen LogP contribution in [0.2, 0.25) is 5.02 Å². The number of benzene rings is 1. The molecule has 0 aliphatic carbocycles. The molecule has 88 valence electrons. The van der Waals surface area contributed by atoms with E-state index in [1.165, 1.54) is 6.07 Å². The monoisotopic (exact) mass is 256 g/mol. The van der Waals surface area contributed by atoms with E-state index in [1.807, 2.05) is 24.3 Å². The molecule has 4 heteroatoms. The minimum absolute atomic E-state index is 0.115. The molecule has 0 saturated heterocycles. The lowest BCUT2D eigenvalue weighted by Gasteiger charge is -2.05. The van der Waals surface area contributed by atoms with Gasteiger partial charge in [0.1, 0.15) is 0 Å². The van der Waals surface area contributed by atoms with Crippen molar-refractivity contribution in [1.29, 1.82) is 0 Å². The maximum atomic E-state index is 11.3. The zero-order valence-corrected chi connectivity index (χ0v) is 10.1. The first-order valence-electron chi connectivity index (χ1n) is 5.48. The highest BCUT2D eigenvalue weighted by atomic mass is 35.5. The van der Waals surface area contributed by atoms with Gasteiger partial charge in [-0.15, -0.1) is 0 Å². The van der Waals surface area contributed by atoms with Crippen LogP contribution in [0.25, 0.3) is 22.2 Å². The summed E-state index contributed by atoms with van der Waals surface area (Å²) in [5.41, 5.74) is 2.47. The predicted molar refractivity (Wildman–Crippen MR) is 72.8 cm³/mol. The van der Waals surface area contributed by atoms with Gasteiger partial charge in [0.05, 0.1) is 11.2 Å². The summed E-state index contributed by atoms with van der Waals surface area (Å²) in [6.45, 7) is 0. The molecule has 0 atom stereocenters. The minimum Gasteiger partial charge on any atom is -0.322 e. The van der Waals surface area contributed by atoms with Gasteiger partial charge < -0.3 is 4.98 Å². The van der Waals surface area contributed by atoms with E-state index in [1.54, 1.807) is 18.3 Å². The predicted octanol–water partition coefficient (Wildman–Crippen LogP) is 3.24. The van der Waals surface area contributed by atoms with Crippen LogP contribution >= 0.6 is 11.6 Å². The number of H-pyrrole nitrogens is 1. The molecule has 1 N–H and O–H groups in total. The third kappa shape index (κ3) is 1.89. The molecule has 3 nitrogen and oxygen atoms in total. The van der Waals surface area contributed by atoms with E-state index in [0.717, 1.165) is 22.2 Å². The summed E-state index contributed by atoms with van der Waals surface area (Å²) < 4.78 is 0. The molecule has 3 rings (SSSR count). The molecule has 3 aromatic rings. The Kier molecular flexibility index (Phi) is 2.61. The Labute approximate surface area is 108 Å². The zero-order chi connectivity index (χ0) is 12.5. The van der Waals surface area contributed by atoms with Gasteiger partial charge in [-0.2, -0.15) is 0 Å². The number of halogens is 1. The van der Waals surface area contributed by atoms with Crippen molar-refractivity contribution in [2.75, 3.05) is 0 Å². The van der Waals surface area contributed by atoms with Gasteiger partial charge in [0.25, 0.3) is 0 Å². The first-order chi connectivity index (χ1) is 8.74. The topological polar surface area (TPSA) is 45.8 Å². The summed E-state index contributed by atoms with van der Waals surface area (Å²) >= 11 is 5.87. The van der Waals surface area contributed by atoms with Gasteiger partial charge in [-0.25, -0.2) is 0 Å². The first-order valence-corrected chi connectivity index (χ1v) is 5.86. The largest absolute Gasteiger partial charge is 0.322 e. The van der Waals surface area contributed by atoms with Crippen LogP contribution < -0.4 is 5.56 Å². The fraction of sp³-hybridized carbons (Fsp3) is 0. The Balaban J connectivity index is 2.29. The number of aromatic nitrogens is 2. The van der Waals surface area contributed by atoms with Gasteiger partial charge in [0, 0.05) is 28.2 Å². The molecule has 0 unspecified atom stereocenters. The number of rotatable bonds is 1. The molecule has 18 heavy (non-hydrogen) atoms. The highest BCUT2D eigenvalue weighted by Gasteiger charge is 2.05. The molecule has 0 spiro atoms. The van der Waals surface area contributed by atoms with Crippen molar-refractivity contribution in [3.63, 3.8) is 0 Å². The number of hydrogen-bond acceptors (Lipinski definition) is 2. The van der Waals surface area contributed by atoms with Crippen molar-refractivity contribution in [3.8, 4) is 11.3 Å². The Bertz CT molecular complexity index is 763. The molecule has 0 aliphatic rings. The average Bonchev–Trinajstić information content (AvgIpc) is 2.38. The number of hydrogen-bond donors (Lipinski definition) is 1. The van der Waals surface area contributed by atoms with Crippen molar-refractivity contribution >= 4 is 22.5 Å². The van der Waals surface area contributed by atoms with Crippen molar-refractivity contribution in [3.05, 3.63) is 64.0 Å². The highest BCUT2D eigenvalue weighted by molar-refractivity contribution is 6.30. The number of aromatic amines is 1. The van der Waals surface area contributed by atoms with E-state index in [2.05, 4.69) is 9.97 Å². The average molecular weight is 257 g/mol. The quantitative estimate of drug-likeness (QED) is 0.726. The molecule has 0 bridgehead atoms. The fourth-order valence-corrected chi connectivity index (χ4v) is 2.05. The van der Waals surface area contributed by atoms with Crippen LogP contribution in [0.15, 0.2) is 53.5 Å². The minimum atomic E-state index is -0.115. The lowest BCUT2D eigenvalue weighted by atomic mass is 10.1. The van der Waals surface area contributed by atoms with Crippen molar-refractivity contribution < 1.29 is 0 Å². The van der Waals surface area contributed by atoms with Gasteiger partial charge in [0.15, 0.2) is 0 Å². The Morgan fingerprint density at radius 1 is 1.00 bits per heavy atom. The third-order valence-corrected chi connectivity index (χ3v) is 3.02. The van der Waals surface area contributed by atoms with Gasteiger partial charge in [-0.05, 0) is 24.3 Å². The summed E-state index contributed by atoms with van der Waals surface area (Å²) in [4.78, 5) is 18.4. The number of nitrogens with zero attached hydrogens (tertiary/aromatic N) is 1. The molecule has 0 radical (unpaired) electrons. The van der Waals surface area contributed by atoms with Gasteiger partial charge >= 0.3 is 0 Å². The standard InChI is InChI=1S/C14H9ClN2O/c15-10-3-1-9(2-4-10)14-11-5-6-13(18)17-12(11)7-8-16-14/h1-8H,(H,17,18). The molecule has 0 amide bonds. The smallest absolute Gasteiger partial charge is 0.248 e. The van der Waals surface area contributed by atoms with E-state index in [9.17, 15) is 4.79 Å². The van der Waals surface area contributed by atoms with Crippen LogP contribution in [0.3, 0.4) is 0 Å². The number of fused-ring (bicyclic) bond motifs is 1.